The van der Waals surface area contributed by atoms with Crippen LogP contribution in [-0.4, -0.2) is 11.0 Å². The Morgan fingerprint density at radius 2 is 2.29 bits per heavy atom. The quantitative estimate of drug-likeness (QED) is 0.603. The standard InChI is InChI=1S/C12H12N2O3/c13-7-1-3-11-9(5-7)10-6-8(14(15)16)2-4-12(10)17-11/h2,4,6-7H,1,3,5,13H2. The van der Waals surface area contributed by atoms with E-state index in [1.165, 1.54) is 6.07 Å². The minimum Gasteiger partial charge on any atom is -0.461 e. The zero-order valence-corrected chi connectivity index (χ0v) is 9.18. The van der Waals surface area contributed by atoms with Crippen LogP contribution in [0.5, 0.6) is 0 Å². The van der Waals surface area contributed by atoms with Crippen LogP contribution in [0.1, 0.15) is 17.7 Å². The molecule has 1 aliphatic carbocycles. The number of furan rings is 1. The van der Waals surface area contributed by atoms with Crippen LogP contribution >= 0.6 is 0 Å². The summed E-state index contributed by atoms with van der Waals surface area (Å²) in [6, 6.07) is 4.84. The van der Waals surface area contributed by atoms with Gasteiger partial charge in [-0.05, 0) is 18.9 Å². The molecule has 0 bridgehead atoms. The minimum absolute atomic E-state index is 0.0974. The summed E-state index contributed by atoms with van der Waals surface area (Å²) >= 11 is 0. The zero-order chi connectivity index (χ0) is 12.0. The highest BCUT2D eigenvalue weighted by Gasteiger charge is 2.23. The second-order valence-corrected chi connectivity index (χ2v) is 4.44. The van der Waals surface area contributed by atoms with Gasteiger partial charge in [0.2, 0.25) is 0 Å². The predicted octanol–water partition coefficient (Wildman–Crippen LogP) is 2.16. The Morgan fingerprint density at radius 1 is 1.47 bits per heavy atom. The number of nitrogens with two attached hydrogens (primary N) is 1. The van der Waals surface area contributed by atoms with E-state index < -0.39 is 0 Å². The van der Waals surface area contributed by atoms with E-state index in [2.05, 4.69) is 0 Å². The van der Waals surface area contributed by atoms with Crippen molar-refractivity contribution in [3.8, 4) is 0 Å². The fourth-order valence-corrected chi connectivity index (χ4v) is 2.41. The third-order valence-electron chi connectivity index (χ3n) is 3.28. The second kappa shape index (κ2) is 3.56. The van der Waals surface area contributed by atoms with Crippen molar-refractivity contribution in [2.24, 2.45) is 5.73 Å². The highest BCUT2D eigenvalue weighted by atomic mass is 16.6. The van der Waals surface area contributed by atoms with Crippen molar-refractivity contribution in [2.45, 2.75) is 25.3 Å². The van der Waals surface area contributed by atoms with Crippen molar-refractivity contribution in [3.63, 3.8) is 0 Å². The molecule has 1 unspecified atom stereocenters. The molecule has 88 valence electrons. The van der Waals surface area contributed by atoms with Crippen LogP contribution in [0, 0.1) is 10.1 Å². The zero-order valence-electron chi connectivity index (χ0n) is 9.18. The van der Waals surface area contributed by atoms with Crippen LogP contribution in [0.25, 0.3) is 11.0 Å². The van der Waals surface area contributed by atoms with Crippen molar-refractivity contribution in [3.05, 3.63) is 39.6 Å². The fraction of sp³-hybridized carbons (Fsp3) is 0.333. The van der Waals surface area contributed by atoms with Gasteiger partial charge in [0, 0.05) is 35.5 Å². The molecule has 0 spiro atoms. The lowest BCUT2D eigenvalue weighted by Gasteiger charge is -2.16. The van der Waals surface area contributed by atoms with Gasteiger partial charge in [-0.25, -0.2) is 0 Å². The monoisotopic (exact) mass is 232 g/mol. The number of nitrogens with zero attached hydrogens (tertiary/aromatic N) is 1. The predicted molar refractivity (Wildman–Crippen MR) is 62.9 cm³/mol. The fourth-order valence-electron chi connectivity index (χ4n) is 2.41. The van der Waals surface area contributed by atoms with Crippen molar-refractivity contribution in [1.29, 1.82) is 0 Å². The third-order valence-corrected chi connectivity index (χ3v) is 3.28. The van der Waals surface area contributed by atoms with E-state index in [4.69, 9.17) is 10.2 Å². The summed E-state index contributed by atoms with van der Waals surface area (Å²) in [4.78, 5) is 10.4. The Labute approximate surface area is 97.4 Å². The molecule has 2 N–H and O–H groups in total. The van der Waals surface area contributed by atoms with Gasteiger partial charge in [0.1, 0.15) is 11.3 Å². The van der Waals surface area contributed by atoms with Gasteiger partial charge in [-0.15, -0.1) is 0 Å². The number of rotatable bonds is 1. The molecule has 2 aromatic rings. The molecule has 0 amide bonds. The molecule has 3 rings (SSSR count). The molecule has 1 aromatic carbocycles. The van der Waals surface area contributed by atoms with Crippen molar-refractivity contribution >= 4 is 16.7 Å². The van der Waals surface area contributed by atoms with Gasteiger partial charge < -0.3 is 10.2 Å². The average Bonchev–Trinajstić information content (AvgIpc) is 2.66. The lowest BCUT2D eigenvalue weighted by atomic mass is 9.92. The van der Waals surface area contributed by atoms with Gasteiger partial charge in [0.25, 0.3) is 5.69 Å². The Morgan fingerprint density at radius 3 is 3.06 bits per heavy atom. The summed E-state index contributed by atoms with van der Waals surface area (Å²) in [6.45, 7) is 0. The van der Waals surface area contributed by atoms with Crippen LogP contribution in [0.2, 0.25) is 0 Å². The average molecular weight is 232 g/mol. The van der Waals surface area contributed by atoms with E-state index in [-0.39, 0.29) is 16.7 Å². The number of aryl methyl sites for hydroxylation is 1. The van der Waals surface area contributed by atoms with Crippen LogP contribution < -0.4 is 5.73 Å². The van der Waals surface area contributed by atoms with E-state index in [0.29, 0.717) is 0 Å². The lowest BCUT2D eigenvalue weighted by molar-refractivity contribution is -0.384. The highest BCUT2D eigenvalue weighted by molar-refractivity contribution is 5.84. The molecular weight excluding hydrogens is 220 g/mol. The smallest absolute Gasteiger partial charge is 0.270 e. The Hall–Kier alpha value is -1.88. The van der Waals surface area contributed by atoms with Gasteiger partial charge >= 0.3 is 0 Å². The Bertz CT molecular complexity index is 603. The summed E-state index contributed by atoms with van der Waals surface area (Å²) in [7, 11) is 0. The molecule has 5 nitrogen and oxygen atoms in total. The molecule has 0 fully saturated rings. The van der Waals surface area contributed by atoms with Crippen molar-refractivity contribution in [1.82, 2.24) is 0 Å². The lowest BCUT2D eigenvalue weighted by Crippen LogP contribution is -2.27. The van der Waals surface area contributed by atoms with E-state index in [1.54, 1.807) is 12.1 Å². The Balaban J connectivity index is 2.21. The van der Waals surface area contributed by atoms with Gasteiger partial charge in [0.05, 0.1) is 4.92 Å². The van der Waals surface area contributed by atoms with Gasteiger partial charge in [-0.2, -0.15) is 0 Å². The van der Waals surface area contributed by atoms with E-state index >= 15 is 0 Å². The number of non-ortho nitro benzene ring substituents is 1. The number of nitro groups is 1. The number of hydrogen-bond donors (Lipinski definition) is 1. The number of benzene rings is 1. The summed E-state index contributed by atoms with van der Waals surface area (Å²) < 4.78 is 5.70. The SMILES string of the molecule is NC1CCc2oc3ccc([N+](=O)[O-])cc3c2C1. The summed E-state index contributed by atoms with van der Waals surface area (Å²) in [6.07, 6.45) is 2.47. The first kappa shape index (κ1) is 10.3. The number of hydrogen-bond acceptors (Lipinski definition) is 4. The first-order valence-electron chi connectivity index (χ1n) is 5.59. The normalized spacial score (nSPS) is 19.2. The molecule has 5 heteroatoms. The molecule has 1 heterocycles. The first-order valence-corrected chi connectivity index (χ1v) is 5.59. The van der Waals surface area contributed by atoms with Crippen LogP contribution in [-0.2, 0) is 12.8 Å². The highest BCUT2D eigenvalue weighted by Crippen LogP contribution is 2.33. The third kappa shape index (κ3) is 1.59. The number of fused-ring (bicyclic) bond motifs is 3. The molecule has 17 heavy (non-hydrogen) atoms. The molecule has 0 radical (unpaired) electrons. The minimum atomic E-state index is -0.387. The van der Waals surface area contributed by atoms with Gasteiger partial charge in [-0.1, -0.05) is 0 Å². The maximum atomic E-state index is 10.7. The maximum absolute atomic E-state index is 10.7. The van der Waals surface area contributed by atoms with Gasteiger partial charge in [-0.3, -0.25) is 10.1 Å². The van der Waals surface area contributed by atoms with Crippen LogP contribution in [0.3, 0.4) is 0 Å². The number of nitro benzene ring substituents is 1. The van der Waals surface area contributed by atoms with Crippen LogP contribution in [0.15, 0.2) is 22.6 Å². The van der Waals surface area contributed by atoms with Crippen LogP contribution in [0.4, 0.5) is 5.69 Å². The van der Waals surface area contributed by atoms with Gasteiger partial charge in [0.15, 0.2) is 0 Å². The second-order valence-electron chi connectivity index (χ2n) is 4.44. The molecule has 1 aromatic heterocycles. The molecule has 0 saturated heterocycles. The molecule has 0 aliphatic heterocycles. The maximum Gasteiger partial charge on any atom is 0.270 e. The molecule has 1 atom stereocenters. The summed E-state index contributed by atoms with van der Waals surface area (Å²) in [5.41, 5.74) is 7.78. The van der Waals surface area contributed by atoms with E-state index in [0.717, 1.165) is 41.6 Å². The topological polar surface area (TPSA) is 82.3 Å². The summed E-state index contributed by atoms with van der Waals surface area (Å²) in [5, 5.41) is 11.6. The van der Waals surface area contributed by atoms with E-state index in [9.17, 15) is 10.1 Å². The molecule has 1 aliphatic rings. The Kier molecular flexibility index (Phi) is 2.16. The largest absolute Gasteiger partial charge is 0.461 e. The first-order chi connectivity index (χ1) is 8.15. The molecule has 0 saturated carbocycles. The van der Waals surface area contributed by atoms with E-state index in [1.807, 2.05) is 0 Å². The van der Waals surface area contributed by atoms with Crippen molar-refractivity contribution in [2.75, 3.05) is 0 Å². The molecular formula is C12H12N2O3. The summed E-state index contributed by atoms with van der Waals surface area (Å²) in [5.74, 6) is 0.933. The van der Waals surface area contributed by atoms with Crippen molar-refractivity contribution < 1.29 is 9.34 Å².